The number of para-hydroxylation sites is 1. The van der Waals surface area contributed by atoms with E-state index in [0.717, 1.165) is 12.2 Å². The summed E-state index contributed by atoms with van der Waals surface area (Å²) in [6.07, 6.45) is 1.67. The lowest BCUT2D eigenvalue weighted by molar-refractivity contribution is 0.232. The predicted molar refractivity (Wildman–Crippen MR) is 53.0 cm³/mol. The normalized spacial score (nSPS) is 10.0. The summed E-state index contributed by atoms with van der Waals surface area (Å²) in [6.45, 7) is 2.88. The lowest BCUT2D eigenvalue weighted by Crippen LogP contribution is -2.01. The van der Waals surface area contributed by atoms with Crippen LogP contribution in [0.25, 0.3) is 0 Å². The third-order valence-electron chi connectivity index (χ3n) is 1.91. The van der Waals surface area contributed by atoms with Crippen molar-refractivity contribution in [3.63, 3.8) is 0 Å². The third-order valence-corrected chi connectivity index (χ3v) is 1.91. The van der Waals surface area contributed by atoms with Gasteiger partial charge in [-0.05, 0) is 18.1 Å². The molecule has 0 saturated carbocycles. The highest BCUT2D eigenvalue weighted by Gasteiger charge is 1.98. The van der Waals surface area contributed by atoms with Crippen molar-refractivity contribution in [1.82, 2.24) is 0 Å². The molecule has 1 N–H and O–H groups in total. The number of hydrogen-bond donors (Lipinski definition) is 1. The minimum Gasteiger partial charge on any atom is -0.493 e. The second-order valence-corrected chi connectivity index (χ2v) is 2.89. The molecule has 0 aliphatic carbocycles. The molecule has 0 fully saturated rings. The maximum absolute atomic E-state index is 8.59. The average Bonchev–Trinajstić information content (AvgIpc) is 2.19. The fourth-order valence-corrected chi connectivity index (χ4v) is 1.18. The largest absolute Gasteiger partial charge is 0.493 e. The van der Waals surface area contributed by atoms with E-state index >= 15 is 0 Å². The van der Waals surface area contributed by atoms with Gasteiger partial charge in [0.25, 0.3) is 0 Å². The lowest BCUT2D eigenvalue weighted by Gasteiger charge is -2.08. The molecular weight excluding hydrogens is 164 g/mol. The molecule has 1 aromatic rings. The van der Waals surface area contributed by atoms with E-state index in [9.17, 15) is 0 Å². The van der Waals surface area contributed by atoms with Crippen molar-refractivity contribution in [2.75, 3.05) is 13.2 Å². The summed E-state index contributed by atoms with van der Waals surface area (Å²) in [5.41, 5.74) is 1.22. The number of hydrogen-bond acceptors (Lipinski definition) is 2. The van der Waals surface area contributed by atoms with Crippen LogP contribution in [0.1, 0.15) is 18.9 Å². The summed E-state index contributed by atoms with van der Waals surface area (Å²) in [5.74, 6) is 0.943. The summed E-state index contributed by atoms with van der Waals surface area (Å²) in [7, 11) is 0. The first-order valence-corrected chi connectivity index (χ1v) is 4.70. The maximum Gasteiger partial charge on any atom is 0.122 e. The molecule has 0 saturated heterocycles. The molecule has 13 heavy (non-hydrogen) atoms. The zero-order chi connectivity index (χ0) is 9.52. The first kappa shape index (κ1) is 10.1. The number of ether oxygens (including phenoxy) is 1. The van der Waals surface area contributed by atoms with Crippen LogP contribution in [0.2, 0.25) is 0 Å². The average molecular weight is 180 g/mol. The van der Waals surface area contributed by atoms with E-state index in [2.05, 4.69) is 13.0 Å². The fraction of sp³-hybridized carbons (Fsp3) is 0.455. The predicted octanol–water partition coefficient (Wildman–Crippen LogP) is 2.01. The summed E-state index contributed by atoms with van der Waals surface area (Å²) in [6, 6.07) is 8.01. The Labute approximate surface area is 79.2 Å². The minimum atomic E-state index is 0.189. The molecule has 0 bridgehead atoms. The lowest BCUT2D eigenvalue weighted by atomic mass is 10.1. The number of benzene rings is 1. The first-order valence-electron chi connectivity index (χ1n) is 4.70. The molecule has 0 aliphatic rings. The van der Waals surface area contributed by atoms with Crippen LogP contribution in [-0.4, -0.2) is 18.3 Å². The van der Waals surface area contributed by atoms with Gasteiger partial charge in [-0.15, -0.1) is 0 Å². The van der Waals surface area contributed by atoms with E-state index in [1.165, 1.54) is 5.56 Å². The van der Waals surface area contributed by atoms with Crippen molar-refractivity contribution >= 4 is 0 Å². The van der Waals surface area contributed by atoms with Gasteiger partial charge in [-0.2, -0.15) is 0 Å². The van der Waals surface area contributed by atoms with Gasteiger partial charge in [-0.3, -0.25) is 0 Å². The molecule has 0 atom stereocenters. The quantitative estimate of drug-likeness (QED) is 0.702. The summed E-state index contributed by atoms with van der Waals surface area (Å²) < 4.78 is 5.51. The smallest absolute Gasteiger partial charge is 0.122 e. The monoisotopic (exact) mass is 180 g/mol. The van der Waals surface area contributed by atoms with Crippen LogP contribution in [-0.2, 0) is 6.42 Å². The van der Waals surface area contributed by atoms with Gasteiger partial charge in [-0.1, -0.05) is 25.1 Å². The van der Waals surface area contributed by atoms with E-state index in [0.29, 0.717) is 13.0 Å². The van der Waals surface area contributed by atoms with Crippen LogP contribution < -0.4 is 4.74 Å². The topological polar surface area (TPSA) is 29.5 Å². The van der Waals surface area contributed by atoms with Crippen LogP contribution >= 0.6 is 0 Å². The first-order chi connectivity index (χ1) is 6.38. The Morgan fingerprint density at radius 1 is 1.31 bits per heavy atom. The molecule has 0 aromatic heterocycles. The zero-order valence-corrected chi connectivity index (χ0v) is 7.99. The summed E-state index contributed by atoms with van der Waals surface area (Å²) in [4.78, 5) is 0. The van der Waals surface area contributed by atoms with Crippen LogP contribution in [0.15, 0.2) is 24.3 Å². The Bertz CT molecular complexity index is 246. The molecule has 0 spiro atoms. The molecule has 1 rings (SSSR count). The van der Waals surface area contributed by atoms with Crippen LogP contribution in [0.3, 0.4) is 0 Å². The van der Waals surface area contributed by atoms with Crippen molar-refractivity contribution in [2.45, 2.75) is 19.8 Å². The van der Waals surface area contributed by atoms with Crippen LogP contribution in [0.4, 0.5) is 0 Å². The van der Waals surface area contributed by atoms with E-state index < -0.39 is 0 Å². The van der Waals surface area contributed by atoms with Gasteiger partial charge < -0.3 is 9.84 Å². The molecule has 0 radical (unpaired) electrons. The van der Waals surface area contributed by atoms with Crippen molar-refractivity contribution in [3.8, 4) is 5.75 Å². The molecule has 1 aromatic carbocycles. The van der Waals surface area contributed by atoms with E-state index in [1.54, 1.807) is 0 Å². The van der Waals surface area contributed by atoms with Crippen molar-refractivity contribution in [2.24, 2.45) is 0 Å². The second-order valence-electron chi connectivity index (χ2n) is 2.89. The van der Waals surface area contributed by atoms with Gasteiger partial charge in [0.05, 0.1) is 6.61 Å². The minimum absolute atomic E-state index is 0.189. The highest BCUT2D eigenvalue weighted by molar-refractivity contribution is 5.33. The Balaban J connectivity index is 2.54. The zero-order valence-electron chi connectivity index (χ0n) is 7.99. The molecule has 0 aliphatic heterocycles. The molecule has 2 nitrogen and oxygen atoms in total. The molecule has 0 unspecified atom stereocenters. The molecular formula is C11H16O2. The number of aliphatic hydroxyl groups excluding tert-OH is 1. The van der Waals surface area contributed by atoms with E-state index in [4.69, 9.17) is 9.84 Å². The van der Waals surface area contributed by atoms with Crippen molar-refractivity contribution in [1.29, 1.82) is 0 Å². The molecule has 2 heteroatoms. The number of aryl methyl sites for hydroxylation is 1. The van der Waals surface area contributed by atoms with Gasteiger partial charge in [0.1, 0.15) is 5.75 Å². The van der Waals surface area contributed by atoms with Gasteiger partial charge in [0.15, 0.2) is 0 Å². The Kier molecular flexibility index (Phi) is 4.33. The van der Waals surface area contributed by atoms with Crippen LogP contribution in [0.5, 0.6) is 5.75 Å². The standard InChI is InChI=1S/C11H16O2/c1-2-10-6-3-4-7-11(10)13-9-5-8-12/h3-4,6-7,12H,2,5,8-9H2,1H3. The number of rotatable bonds is 5. The van der Waals surface area contributed by atoms with Crippen molar-refractivity contribution in [3.05, 3.63) is 29.8 Å². The summed E-state index contributed by atoms with van der Waals surface area (Å²) in [5, 5.41) is 8.59. The maximum atomic E-state index is 8.59. The van der Waals surface area contributed by atoms with E-state index in [1.807, 2.05) is 18.2 Å². The van der Waals surface area contributed by atoms with E-state index in [-0.39, 0.29) is 6.61 Å². The van der Waals surface area contributed by atoms with Gasteiger partial charge in [-0.25, -0.2) is 0 Å². The third kappa shape index (κ3) is 3.07. The Morgan fingerprint density at radius 2 is 2.08 bits per heavy atom. The molecule has 0 amide bonds. The molecule has 0 heterocycles. The van der Waals surface area contributed by atoms with Gasteiger partial charge in [0.2, 0.25) is 0 Å². The van der Waals surface area contributed by atoms with Crippen molar-refractivity contribution < 1.29 is 9.84 Å². The van der Waals surface area contributed by atoms with Gasteiger partial charge in [0, 0.05) is 13.0 Å². The molecule has 72 valence electrons. The fourth-order valence-electron chi connectivity index (χ4n) is 1.18. The highest BCUT2D eigenvalue weighted by Crippen LogP contribution is 2.18. The Hall–Kier alpha value is -1.02. The van der Waals surface area contributed by atoms with Gasteiger partial charge >= 0.3 is 0 Å². The number of aliphatic hydroxyl groups is 1. The second kappa shape index (κ2) is 5.60. The summed E-state index contributed by atoms with van der Waals surface area (Å²) >= 11 is 0. The SMILES string of the molecule is CCc1ccccc1OCCCO. The van der Waals surface area contributed by atoms with Crippen LogP contribution in [0, 0.1) is 0 Å². The highest BCUT2D eigenvalue weighted by atomic mass is 16.5. The Morgan fingerprint density at radius 3 is 2.77 bits per heavy atom.